The molecule has 0 bridgehead atoms. The summed E-state index contributed by atoms with van der Waals surface area (Å²) < 4.78 is 0. The lowest BCUT2D eigenvalue weighted by Crippen LogP contribution is -1.95. The smallest absolute Gasteiger partial charge is 0.303 e. The van der Waals surface area contributed by atoms with Crippen molar-refractivity contribution in [1.29, 1.82) is 0 Å². The highest BCUT2D eigenvalue weighted by Crippen LogP contribution is 2.07. The fourth-order valence-electron chi connectivity index (χ4n) is 2.38. The van der Waals surface area contributed by atoms with Crippen molar-refractivity contribution >= 4 is 11.9 Å². The van der Waals surface area contributed by atoms with E-state index in [1.807, 2.05) is 0 Å². The van der Waals surface area contributed by atoms with Gasteiger partial charge in [0, 0.05) is 12.8 Å². The highest BCUT2D eigenvalue weighted by atomic mass is 16.4. The van der Waals surface area contributed by atoms with E-state index >= 15 is 0 Å². The first-order valence-corrected chi connectivity index (χ1v) is 10.2. The van der Waals surface area contributed by atoms with Gasteiger partial charge in [-0.2, -0.15) is 0 Å². The van der Waals surface area contributed by atoms with E-state index in [4.69, 9.17) is 10.2 Å². The molecule has 160 valence electrons. The molecule has 2 aromatic rings. The Morgan fingerprint density at radius 2 is 0.897 bits per heavy atom. The number of aryl methyl sites for hydroxylation is 4. The van der Waals surface area contributed by atoms with Crippen LogP contribution >= 0.6 is 0 Å². The van der Waals surface area contributed by atoms with Crippen LogP contribution in [0.15, 0.2) is 48.5 Å². The van der Waals surface area contributed by atoms with Gasteiger partial charge in [0.2, 0.25) is 0 Å². The lowest BCUT2D eigenvalue weighted by atomic mass is 10.1. The molecule has 0 unspecified atom stereocenters. The molecule has 0 heterocycles. The van der Waals surface area contributed by atoms with Gasteiger partial charge < -0.3 is 10.2 Å². The Kier molecular flexibility index (Phi) is 14.9. The third kappa shape index (κ3) is 17.2. The quantitative estimate of drug-likeness (QED) is 0.496. The van der Waals surface area contributed by atoms with Crippen molar-refractivity contribution in [3.63, 3.8) is 0 Å². The molecule has 0 aliphatic heterocycles. The molecule has 2 rings (SSSR count). The Morgan fingerprint density at radius 3 is 1.17 bits per heavy atom. The predicted molar refractivity (Wildman–Crippen MR) is 119 cm³/mol. The van der Waals surface area contributed by atoms with Crippen LogP contribution in [0.4, 0.5) is 0 Å². The number of rotatable bonds is 8. The SMILES string of the molecule is Cc1ccc(C)cc1.Cc1ccccc1C.O=C(O)CCCCCCCC(=O)O. The first-order chi connectivity index (χ1) is 13.7. The number of carbonyl (C=O) groups is 2. The molecule has 0 fully saturated rings. The molecule has 0 aromatic heterocycles. The second-order valence-electron chi connectivity index (χ2n) is 7.29. The summed E-state index contributed by atoms with van der Waals surface area (Å²) in [6, 6.07) is 16.8. The molecule has 0 saturated carbocycles. The number of benzene rings is 2. The first kappa shape index (κ1) is 26.4. The molecule has 0 atom stereocenters. The van der Waals surface area contributed by atoms with E-state index in [1.165, 1.54) is 22.3 Å². The summed E-state index contributed by atoms with van der Waals surface area (Å²) >= 11 is 0. The Morgan fingerprint density at radius 1 is 0.586 bits per heavy atom. The minimum Gasteiger partial charge on any atom is -0.481 e. The van der Waals surface area contributed by atoms with Gasteiger partial charge in [-0.1, -0.05) is 78.9 Å². The molecule has 0 aliphatic carbocycles. The normalized spacial score (nSPS) is 9.52. The maximum absolute atomic E-state index is 10.1. The molecular formula is C25H36O4. The molecule has 0 amide bonds. The summed E-state index contributed by atoms with van der Waals surface area (Å²) in [6.07, 6.45) is 4.53. The Hall–Kier alpha value is -2.62. The average Bonchev–Trinajstić information content (AvgIpc) is 2.66. The fourth-order valence-corrected chi connectivity index (χ4v) is 2.38. The van der Waals surface area contributed by atoms with Crippen LogP contribution in [0.2, 0.25) is 0 Å². The molecule has 4 heteroatoms. The van der Waals surface area contributed by atoms with Crippen LogP contribution in [0, 0.1) is 27.7 Å². The van der Waals surface area contributed by atoms with Gasteiger partial charge in [-0.3, -0.25) is 9.59 Å². The lowest BCUT2D eigenvalue weighted by molar-refractivity contribution is -0.138. The van der Waals surface area contributed by atoms with E-state index in [2.05, 4.69) is 76.2 Å². The van der Waals surface area contributed by atoms with Gasteiger partial charge in [0.25, 0.3) is 0 Å². The van der Waals surface area contributed by atoms with Crippen LogP contribution in [0.1, 0.15) is 67.2 Å². The molecule has 2 aromatic carbocycles. The number of carboxylic acid groups (broad SMARTS) is 2. The van der Waals surface area contributed by atoms with Crippen molar-refractivity contribution < 1.29 is 19.8 Å². The topological polar surface area (TPSA) is 74.6 Å². The molecule has 0 saturated heterocycles. The second kappa shape index (κ2) is 16.3. The monoisotopic (exact) mass is 400 g/mol. The standard InChI is InChI=1S/C9H16O4.2C8H10/c10-8(11)6-4-2-1-3-5-7-9(12)13;1-7-3-5-8(2)6-4-7;1-7-5-3-4-6-8(7)2/h1-7H2,(H,10,11)(H,12,13);2*3-6H,1-2H3. The molecule has 29 heavy (non-hydrogen) atoms. The molecule has 0 aliphatic rings. The van der Waals surface area contributed by atoms with E-state index in [1.54, 1.807) is 0 Å². The zero-order valence-corrected chi connectivity index (χ0v) is 18.3. The lowest BCUT2D eigenvalue weighted by Gasteiger charge is -1.97. The number of carboxylic acids is 2. The Labute approximate surface area is 175 Å². The number of hydrogen-bond donors (Lipinski definition) is 2. The largest absolute Gasteiger partial charge is 0.481 e. The van der Waals surface area contributed by atoms with E-state index in [0.717, 1.165) is 19.3 Å². The van der Waals surface area contributed by atoms with Crippen molar-refractivity contribution in [3.8, 4) is 0 Å². The van der Waals surface area contributed by atoms with Gasteiger partial charge in [-0.15, -0.1) is 0 Å². The summed E-state index contributed by atoms with van der Waals surface area (Å²) in [4.78, 5) is 20.2. The van der Waals surface area contributed by atoms with Gasteiger partial charge in [0.15, 0.2) is 0 Å². The molecule has 2 N–H and O–H groups in total. The summed E-state index contributed by atoms with van der Waals surface area (Å²) in [5, 5.41) is 16.6. The van der Waals surface area contributed by atoms with Crippen molar-refractivity contribution in [2.45, 2.75) is 72.6 Å². The van der Waals surface area contributed by atoms with Crippen molar-refractivity contribution in [2.75, 3.05) is 0 Å². The fraction of sp³-hybridized carbons (Fsp3) is 0.440. The third-order valence-corrected chi connectivity index (χ3v) is 4.43. The first-order valence-electron chi connectivity index (χ1n) is 10.2. The van der Waals surface area contributed by atoms with E-state index in [0.29, 0.717) is 12.8 Å². The van der Waals surface area contributed by atoms with E-state index in [-0.39, 0.29) is 12.8 Å². The van der Waals surface area contributed by atoms with Crippen LogP contribution < -0.4 is 0 Å². The second-order valence-corrected chi connectivity index (χ2v) is 7.29. The van der Waals surface area contributed by atoms with Crippen LogP contribution in [0.3, 0.4) is 0 Å². The maximum atomic E-state index is 10.1. The van der Waals surface area contributed by atoms with Crippen molar-refractivity contribution in [2.24, 2.45) is 0 Å². The zero-order valence-electron chi connectivity index (χ0n) is 18.3. The van der Waals surface area contributed by atoms with E-state index < -0.39 is 11.9 Å². The number of aliphatic carboxylic acids is 2. The average molecular weight is 401 g/mol. The van der Waals surface area contributed by atoms with Gasteiger partial charge in [-0.25, -0.2) is 0 Å². The maximum Gasteiger partial charge on any atom is 0.303 e. The molecule has 0 radical (unpaired) electrons. The van der Waals surface area contributed by atoms with Gasteiger partial charge in [0.05, 0.1) is 0 Å². The predicted octanol–water partition coefficient (Wildman–Crippen LogP) is 6.49. The summed E-state index contributed by atoms with van der Waals surface area (Å²) in [5.41, 5.74) is 5.39. The minimum absolute atomic E-state index is 0.221. The molecule has 4 nitrogen and oxygen atoms in total. The minimum atomic E-state index is -0.759. The highest BCUT2D eigenvalue weighted by Gasteiger charge is 1.98. The zero-order chi connectivity index (χ0) is 22.1. The summed E-state index contributed by atoms with van der Waals surface area (Å²) in [5.74, 6) is -1.52. The van der Waals surface area contributed by atoms with Crippen LogP contribution in [-0.4, -0.2) is 22.2 Å². The highest BCUT2D eigenvalue weighted by molar-refractivity contribution is 5.66. The molecular weight excluding hydrogens is 364 g/mol. The van der Waals surface area contributed by atoms with Crippen molar-refractivity contribution in [1.82, 2.24) is 0 Å². The van der Waals surface area contributed by atoms with E-state index in [9.17, 15) is 9.59 Å². The van der Waals surface area contributed by atoms with Crippen LogP contribution in [-0.2, 0) is 9.59 Å². The number of unbranched alkanes of at least 4 members (excludes halogenated alkanes) is 4. The van der Waals surface area contributed by atoms with Gasteiger partial charge in [-0.05, 0) is 51.7 Å². The van der Waals surface area contributed by atoms with Crippen LogP contribution in [0.25, 0.3) is 0 Å². The van der Waals surface area contributed by atoms with Gasteiger partial charge in [0.1, 0.15) is 0 Å². The third-order valence-electron chi connectivity index (χ3n) is 4.43. The summed E-state index contributed by atoms with van der Waals surface area (Å²) in [6.45, 7) is 8.43. The molecule has 0 spiro atoms. The van der Waals surface area contributed by atoms with Crippen molar-refractivity contribution in [3.05, 3.63) is 70.8 Å². The summed E-state index contributed by atoms with van der Waals surface area (Å²) in [7, 11) is 0. The van der Waals surface area contributed by atoms with Gasteiger partial charge >= 0.3 is 11.9 Å². The van der Waals surface area contributed by atoms with Crippen LogP contribution in [0.5, 0.6) is 0 Å². The Balaban J connectivity index is 0.000000423. The number of hydrogen-bond acceptors (Lipinski definition) is 2. The Bertz CT molecular complexity index is 645.